The van der Waals surface area contributed by atoms with Gasteiger partial charge >= 0.3 is 5.97 Å². The largest absolute Gasteiger partial charge is 0.465 e. The van der Waals surface area contributed by atoms with E-state index < -0.39 is 17.4 Å². The van der Waals surface area contributed by atoms with Gasteiger partial charge in [0.2, 0.25) is 5.91 Å². The quantitative estimate of drug-likeness (QED) is 0.584. The van der Waals surface area contributed by atoms with Crippen molar-refractivity contribution in [1.82, 2.24) is 0 Å². The predicted octanol–water partition coefficient (Wildman–Crippen LogP) is 2.69. The third kappa shape index (κ3) is 2.24. The smallest absolute Gasteiger partial charge is 0.312 e. The lowest BCUT2D eigenvalue weighted by molar-refractivity contribution is -0.152. The van der Waals surface area contributed by atoms with Gasteiger partial charge in [-0.05, 0) is 30.7 Å². The van der Waals surface area contributed by atoms with Crippen LogP contribution in [0.4, 0.5) is 5.69 Å². The molecule has 1 spiro atoms. The molecule has 2 fully saturated rings. The zero-order valence-corrected chi connectivity index (χ0v) is 14.9. The number of amides is 1. The van der Waals surface area contributed by atoms with E-state index >= 15 is 0 Å². The molecule has 1 aromatic carbocycles. The first-order chi connectivity index (χ1) is 11.6. The van der Waals surface area contributed by atoms with Crippen molar-refractivity contribution in [2.45, 2.75) is 25.0 Å². The second-order valence-corrected chi connectivity index (χ2v) is 7.38. The van der Waals surface area contributed by atoms with Gasteiger partial charge in [0.25, 0.3) is 0 Å². The molecule has 0 aromatic heterocycles. The summed E-state index contributed by atoms with van der Waals surface area (Å²) >= 11 is 3.40. The SMILES string of the molecule is CCCOC(=O)[C@H]1[C@H]2C(=O)N(c3ccc(Br)cc3)C[C@]23C=C[C@H]1O3. The van der Waals surface area contributed by atoms with E-state index in [0.29, 0.717) is 13.2 Å². The number of esters is 1. The van der Waals surface area contributed by atoms with Gasteiger partial charge < -0.3 is 14.4 Å². The Balaban J connectivity index is 1.64. The van der Waals surface area contributed by atoms with E-state index in [9.17, 15) is 9.59 Å². The van der Waals surface area contributed by atoms with Gasteiger partial charge in [0.1, 0.15) is 11.5 Å². The van der Waals surface area contributed by atoms with Crippen LogP contribution in [0.2, 0.25) is 0 Å². The van der Waals surface area contributed by atoms with Crippen molar-refractivity contribution >= 4 is 33.5 Å². The Labute approximate surface area is 148 Å². The molecule has 5 nitrogen and oxygen atoms in total. The van der Waals surface area contributed by atoms with Crippen LogP contribution in [0.5, 0.6) is 0 Å². The molecule has 3 aliphatic heterocycles. The van der Waals surface area contributed by atoms with Gasteiger partial charge in [-0.25, -0.2) is 0 Å². The Kier molecular flexibility index (Phi) is 3.77. The highest BCUT2D eigenvalue weighted by atomic mass is 79.9. The summed E-state index contributed by atoms with van der Waals surface area (Å²) in [6, 6.07) is 7.57. The van der Waals surface area contributed by atoms with E-state index in [-0.39, 0.29) is 18.0 Å². The molecule has 2 bridgehead atoms. The first-order valence-electron chi connectivity index (χ1n) is 8.16. The van der Waals surface area contributed by atoms with Crippen LogP contribution >= 0.6 is 15.9 Å². The van der Waals surface area contributed by atoms with Gasteiger partial charge in [-0.3, -0.25) is 9.59 Å². The molecule has 24 heavy (non-hydrogen) atoms. The van der Waals surface area contributed by atoms with Crippen LogP contribution < -0.4 is 4.90 Å². The highest BCUT2D eigenvalue weighted by Crippen LogP contribution is 2.52. The van der Waals surface area contributed by atoms with Crippen LogP contribution in [0, 0.1) is 11.8 Å². The molecule has 4 rings (SSSR count). The lowest BCUT2D eigenvalue weighted by atomic mass is 9.77. The summed E-state index contributed by atoms with van der Waals surface area (Å²) in [5.74, 6) is -1.44. The molecular formula is C18H18BrNO4. The number of anilines is 1. The van der Waals surface area contributed by atoms with Gasteiger partial charge in [-0.1, -0.05) is 35.0 Å². The van der Waals surface area contributed by atoms with E-state index in [1.807, 2.05) is 43.3 Å². The van der Waals surface area contributed by atoms with Crippen molar-refractivity contribution in [3.05, 3.63) is 40.9 Å². The number of halogens is 1. The third-order valence-electron chi connectivity index (χ3n) is 4.96. The zero-order chi connectivity index (χ0) is 16.9. The molecule has 126 valence electrons. The van der Waals surface area contributed by atoms with Gasteiger partial charge in [0, 0.05) is 10.2 Å². The first kappa shape index (κ1) is 15.8. The molecule has 4 atom stereocenters. The highest BCUT2D eigenvalue weighted by molar-refractivity contribution is 9.10. The van der Waals surface area contributed by atoms with E-state index in [0.717, 1.165) is 16.6 Å². The fraction of sp³-hybridized carbons (Fsp3) is 0.444. The Morgan fingerprint density at radius 2 is 2.17 bits per heavy atom. The molecule has 3 heterocycles. The number of hydrogen-bond acceptors (Lipinski definition) is 4. The average Bonchev–Trinajstić information content (AvgIpc) is 3.22. The topological polar surface area (TPSA) is 55.8 Å². The summed E-state index contributed by atoms with van der Waals surface area (Å²) in [4.78, 5) is 27.2. The Morgan fingerprint density at radius 1 is 1.42 bits per heavy atom. The maximum Gasteiger partial charge on any atom is 0.312 e. The van der Waals surface area contributed by atoms with Gasteiger partial charge in [-0.15, -0.1) is 0 Å². The van der Waals surface area contributed by atoms with Crippen molar-refractivity contribution in [3.8, 4) is 0 Å². The van der Waals surface area contributed by atoms with Crippen LogP contribution in [-0.2, 0) is 19.1 Å². The maximum atomic E-state index is 13.0. The minimum atomic E-state index is -0.704. The fourth-order valence-corrected chi connectivity index (χ4v) is 4.17. The van der Waals surface area contributed by atoms with Crippen LogP contribution in [0.25, 0.3) is 0 Å². The third-order valence-corrected chi connectivity index (χ3v) is 5.49. The van der Waals surface area contributed by atoms with E-state index in [4.69, 9.17) is 9.47 Å². The molecule has 0 radical (unpaired) electrons. The second kappa shape index (κ2) is 5.70. The molecule has 0 unspecified atom stereocenters. The predicted molar refractivity (Wildman–Crippen MR) is 91.5 cm³/mol. The van der Waals surface area contributed by atoms with Gasteiger partial charge in [0.05, 0.1) is 25.2 Å². The number of ether oxygens (including phenoxy) is 2. The van der Waals surface area contributed by atoms with E-state index in [2.05, 4.69) is 15.9 Å². The number of benzene rings is 1. The lowest BCUT2D eigenvalue weighted by Gasteiger charge is -2.22. The van der Waals surface area contributed by atoms with Crippen molar-refractivity contribution in [3.63, 3.8) is 0 Å². The number of carbonyl (C=O) groups is 2. The Bertz CT molecular complexity index is 716. The standard InChI is InChI=1S/C18H18BrNO4/c1-2-9-23-17(22)14-13-7-8-18(24-13)10-20(16(21)15(14)18)12-5-3-11(19)4-6-12/h3-8,13-15H,2,9-10H2,1H3/t13-,14-,15+,18-/m1/s1. The van der Waals surface area contributed by atoms with Crippen LogP contribution in [-0.4, -0.2) is 36.7 Å². The summed E-state index contributed by atoms with van der Waals surface area (Å²) in [7, 11) is 0. The van der Waals surface area contributed by atoms with Crippen molar-refractivity contribution in [2.24, 2.45) is 11.8 Å². The summed E-state index contributed by atoms with van der Waals surface area (Å²) in [6.45, 7) is 2.75. The number of nitrogens with zero attached hydrogens (tertiary/aromatic N) is 1. The molecule has 0 aliphatic carbocycles. The molecule has 0 saturated carbocycles. The minimum absolute atomic E-state index is 0.0670. The monoisotopic (exact) mass is 391 g/mol. The normalized spacial score (nSPS) is 33.2. The molecular weight excluding hydrogens is 374 g/mol. The highest BCUT2D eigenvalue weighted by Gasteiger charge is 2.67. The maximum absolute atomic E-state index is 13.0. The summed E-state index contributed by atoms with van der Waals surface area (Å²) in [5.41, 5.74) is 0.109. The second-order valence-electron chi connectivity index (χ2n) is 6.47. The minimum Gasteiger partial charge on any atom is -0.465 e. The number of fused-ring (bicyclic) bond motifs is 1. The number of carbonyl (C=O) groups excluding carboxylic acids is 2. The average molecular weight is 392 g/mol. The Morgan fingerprint density at radius 3 is 2.88 bits per heavy atom. The van der Waals surface area contributed by atoms with E-state index in [1.165, 1.54) is 0 Å². The molecule has 1 aromatic rings. The van der Waals surface area contributed by atoms with Crippen molar-refractivity contribution in [1.29, 1.82) is 0 Å². The van der Waals surface area contributed by atoms with Gasteiger partial charge in [-0.2, -0.15) is 0 Å². The van der Waals surface area contributed by atoms with Gasteiger partial charge in [0.15, 0.2) is 0 Å². The van der Waals surface area contributed by atoms with Crippen LogP contribution in [0.15, 0.2) is 40.9 Å². The van der Waals surface area contributed by atoms with Crippen LogP contribution in [0.1, 0.15) is 13.3 Å². The van der Waals surface area contributed by atoms with Crippen molar-refractivity contribution in [2.75, 3.05) is 18.1 Å². The molecule has 6 heteroatoms. The lowest BCUT2D eigenvalue weighted by Crippen LogP contribution is -2.40. The Hall–Kier alpha value is -1.66. The summed E-state index contributed by atoms with van der Waals surface area (Å²) in [5, 5.41) is 0. The zero-order valence-electron chi connectivity index (χ0n) is 13.3. The van der Waals surface area contributed by atoms with Crippen LogP contribution in [0.3, 0.4) is 0 Å². The number of hydrogen-bond donors (Lipinski definition) is 0. The fourth-order valence-electron chi connectivity index (χ4n) is 3.91. The summed E-state index contributed by atoms with van der Waals surface area (Å²) < 4.78 is 12.3. The molecule has 2 saturated heterocycles. The molecule has 3 aliphatic rings. The van der Waals surface area contributed by atoms with E-state index in [1.54, 1.807) is 4.90 Å². The van der Waals surface area contributed by atoms with Crippen molar-refractivity contribution < 1.29 is 19.1 Å². The molecule has 1 amide bonds. The number of rotatable bonds is 4. The summed E-state index contributed by atoms with van der Waals surface area (Å²) in [6.07, 6.45) is 4.25. The molecule has 0 N–H and O–H groups in total. The first-order valence-corrected chi connectivity index (χ1v) is 8.96.